The fourth-order valence-corrected chi connectivity index (χ4v) is 1.91. The molecular weight excluding hydrogens is 134 g/mol. The molecule has 0 aromatic rings. The van der Waals surface area contributed by atoms with Crippen molar-refractivity contribution in [2.45, 2.75) is 47.5 Å². The lowest BCUT2D eigenvalue weighted by molar-refractivity contribution is 0.202. The van der Waals surface area contributed by atoms with Crippen LogP contribution in [0.3, 0.4) is 0 Å². The largest absolute Gasteiger partial charge is 0.330 e. The third kappa shape index (κ3) is 6.36. The van der Waals surface area contributed by atoms with Crippen LogP contribution in [0.2, 0.25) is 0 Å². The van der Waals surface area contributed by atoms with Crippen molar-refractivity contribution >= 4 is 0 Å². The minimum atomic E-state index is 0.410. The Hall–Kier alpha value is -0.0400. The maximum absolute atomic E-state index is 5.53. The second-order valence-corrected chi connectivity index (χ2v) is 5.44. The van der Waals surface area contributed by atoms with E-state index in [1.807, 2.05) is 0 Å². The lowest BCUT2D eigenvalue weighted by Gasteiger charge is -2.32. The first kappa shape index (κ1) is 11.0. The molecule has 11 heavy (non-hydrogen) atoms. The van der Waals surface area contributed by atoms with E-state index in [0.717, 1.165) is 13.0 Å². The minimum absolute atomic E-state index is 0.410. The summed E-state index contributed by atoms with van der Waals surface area (Å²) >= 11 is 0. The normalized spacial score (nSPS) is 13.6. The average Bonchev–Trinajstić information content (AvgIpc) is 1.55. The van der Waals surface area contributed by atoms with Crippen LogP contribution in [0.4, 0.5) is 0 Å². The Balaban J connectivity index is 3.91. The van der Waals surface area contributed by atoms with Gasteiger partial charge in [0.1, 0.15) is 0 Å². The van der Waals surface area contributed by atoms with E-state index in [2.05, 4.69) is 34.6 Å². The van der Waals surface area contributed by atoms with Crippen LogP contribution < -0.4 is 5.73 Å². The molecule has 0 spiro atoms. The zero-order valence-corrected chi connectivity index (χ0v) is 8.70. The Kier molecular flexibility index (Phi) is 3.56. The summed E-state index contributed by atoms with van der Waals surface area (Å²) in [5, 5.41) is 0. The summed E-state index contributed by atoms with van der Waals surface area (Å²) in [6, 6.07) is 0. The zero-order valence-electron chi connectivity index (χ0n) is 8.70. The molecule has 0 aliphatic carbocycles. The molecule has 0 aliphatic heterocycles. The standard InChI is InChI=1S/C10H23N/c1-9(2,3)8-10(4,5)6-7-11/h6-8,11H2,1-5H3. The minimum Gasteiger partial charge on any atom is -0.330 e. The van der Waals surface area contributed by atoms with E-state index >= 15 is 0 Å². The van der Waals surface area contributed by atoms with Gasteiger partial charge >= 0.3 is 0 Å². The zero-order chi connectivity index (χ0) is 9.12. The second-order valence-electron chi connectivity index (χ2n) is 5.44. The van der Waals surface area contributed by atoms with Gasteiger partial charge in [0.05, 0.1) is 0 Å². The molecule has 0 fully saturated rings. The van der Waals surface area contributed by atoms with Gasteiger partial charge in [0.25, 0.3) is 0 Å². The number of rotatable bonds is 3. The van der Waals surface area contributed by atoms with Gasteiger partial charge < -0.3 is 5.73 Å². The van der Waals surface area contributed by atoms with Crippen LogP contribution in [0.25, 0.3) is 0 Å². The summed E-state index contributed by atoms with van der Waals surface area (Å²) in [6.45, 7) is 12.3. The molecular formula is C10H23N. The van der Waals surface area contributed by atoms with Gasteiger partial charge in [0.15, 0.2) is 0 Å². The van der Waals surface area contributed by atoms with Gasteiger partial charge in [-0.3, -0.25) is 0 Å². The Labute approximate surface area is 71.4 Å². The van der Waals surface area contributed by atoms with Gasteiger partial charge in [0.2, 0.25) is 0 Å². The Morgan fingerprint density at radius 2 is 1.45 bits per heavy atom. The van der Waals surface area contributed by atoms with Crippen molar-refractivity contribution in [3.05, 3.63) is 0 Å². The lowest BCUT2D eigenvalue weighted by atomic mass is 9.74. The fraction of sp³-hybridized carbons (Fsp3) is 1.00. The maximum Gasteiger partial charge on any atom is -0.00722 e. The van der Waals surface area contributed by atoms with E-state index in [1.54, 1.807) is 0 Å². The Morgan fingerprint density at radius 3 is 1.73 bits per heavy atom. The molecule has 2 N–H and O–H groups in total. The predicted molar refractivity (Wildman–Crippen MR) is 51.5 cm³/mol. The van der Waals surface area contributed by atoms with Gasteiger partial charge in [0, 0.05) is 0 Å². The molecule has 0 amide bonds. The molecule has 0 atom stereocenters. The van der Waals surface area contributed by atoms with Gasteiger partial charge in [-0.15, -0.1) is 0 Å². The Morgan fingerprint density at radius 1 is 1.00 bits per heavy atom. The van der Waals surface area contributed by atoms with Crippen molar-refractivity contribution in [3.63, 3.8) is 0 Å². The highest BCUT2D eigenvalue weighted by Gasteiger charge is 2.24. The van der Waals surface area contributed by atoms with Crippen LogP contribution in [0.5, 0.6) is 0 Å². The molecule has 0 aliphatic rings. The molecule has 0 radical (unpaired) electrons. The average molecular weight is 157 g/mol. The molecule has 0 saturated carbocycles. The van der Waals surface area contributed by atoms with Crippen LogP contribution >= 0.6 is 0 Å². The first-order valence-corrected chi connectivity index (χ1v) is 4.47. The highest BCUT2D eigenvalue weighted by molar-refractivity contribution is 4.76. The van der Waals surface area contributed by atoms with Crippen molar-refractivity contribution in [3.8, 4) is 0 Å². The Bertz CT molecular complexity index is 109. The van der Waals surface area contributed by atoms with Crippen molar-refractivity contribution < 1.29 is 0 Å². The van der Waals surface area contributed by atoms with Crippen molar-refractivity contribution in [2.24, 2.45) is 16.6 Å². The first-order chi connectivity index (χ1) is 4.77. The lowest BCUT2D eigenvalue weighted by Crippen LogP contribution is -2.23. The fourth-order valence-electron chi connectivity index (χ4n) is 1.91. The van der Waals surface area contributed by atoms with Gasteiger partial charge in [-0.25, -0.2) is 0 Å². The molecule has 1 nitrogen and oxygen atoms in total. The van der Waals surface area contributed by atoms with E-state index < -0.39 is 0 Å². The third-order valence-corrected chi connectivity index (χ3v) is 1.83. The molecule has 0 rings (SSSR count). The van der Waals surface area contributed by atoms with Crippen LogP contribution in [-0.2, 0) is 0 Å². The molecule has 68 valence electrons. The van der Waals surface area contributed by atoms with Crippen LogP contribution in [-0.4, -0.2) is 6.54 Å². The van der Waals surface area contributed by atoms with Crippen LogP contribution in [0.15, 0.2) is 0 Å². The summed E-state index contributed by atoms with van der Waals surface area (Å²) in [7, 11) is 0. The quantitative estimate of drug-likeness (QED) is 0.670. The molecule has 0 aromatic carbocycles. The number of hydrogen-bond acceptors (Lipinski definition) is 1. The van der Waals surface area contributed by atoms with E-state index in [9.17, 15) is 0 Å². The van der Waals surface area contributed by atoms with Crippen molar-refractivity contribution in [1.82, 2.24) is 0 Å². The van der Waals surface area contributed by atoms with E-state index in [-0.39, 0.29) is 0 Å². The summed E-state index contributed by atoms with van der Waals surface area (Å²) in [6.07, 6.45) is 2.38. The SMILES string of the molecule is CC(C)(C)CC(C)(C)CCN. The maximum atomic E-state index is 5.53. The van der Waals surface area contributed by atoms with Gasteiger partial charge in [-0.05, 0) is 30.2 Å². The highest BCUT2D eigenvalue weighted by Crippen LogP contribution is 2.34. The molecule has 0 saturated heterocycles. The van der Waals surface area contributed by atoms with Crippen LogP contribution in [0, 0.1) is 10.8 Å². The molecule has 0 unspecified atom stereocenters. The van der Waals surface area contributed by atoms with Crippen LogP contribution in [0.1, 0.15) is 47.5 Å². The third-order valence-electron chi connectivity index (χ3n) is 1.83. The summed E-state index contributed by atoms with van der Waals surface area (Å²) in [5.74, 6) is 0. The topological polar surface area (TPSA) is 26.0 Å². The second kappa shape index (κ2) is 3.57. The van der Waals surface area contributed by atoms with E-state index in [1.165, 1.54) is 6.42 Å². The number of hydrogen-bond donors (Lipinski definition) is 1. The molecule has 0 aromatic heterocycles. The van der Waals surface area contributed by atoms with E-state index in [0.29, 0.717) is 10.8 Å². The van der Waals surface area contributed by atoms with Gasteiger partial charge in [-0.1, -0.05) is 34.6 Å². The van der Waals surface area contributed by atoms with Gasteiger partial charge in [-0.2, -0.15) is 0 Å². The monoisotopic (exact) mass is 157 g/mol. The summed E-state index contributed by atoms with van der Waals surface area (Å²) in [4.78, 5) is 0. The first-order valence-electron chi connectivity index (χ1n) is 4.47. The number of nitrogens with two attached hydrogens (primary N) is 1. The molecule has 0 heterocycles. The summed E-state index contributed by atoms with van der Waals surface area (Å²) in [5.41, 5.74) is 6.37. The smallest absolute Gasteiger partial charge is 0.00722 e. The van der Waals surface area contributed by atoms with E-state index in [4.69, 9.17) is 5.73 Å². The van der Waals surface area contributed by atoms with Crippen molar-refractivity contribution in [1.29, 1.82) is 0 Å². The highest BCUT2D eigenvalue weighted by atomic mass is 14.5. The molecule has 1 heteroatoms. The molecule has 0 bridgehead atoms. The van der Waals surface area contributed by atoms with Crippen molar-refractivity contribution in [2.75, 3.05) is 6.54 Å². The predicted octanol–water partition coefficient (Wildman–Crippen LogP) is 2.80. The summed E-state index contributed by atoms with van der Waals surface area (Å²) < 4.78 is 0.